The lowest BCUT2D eigenvalue weighted by atomic mass is 10.0. The Morgan fingerprint density at radius 2 is 1.64 bits per heavy atom. The van der Waals surface area contributed by atoms with Crippen LogP contribution in [0.3, 0.4) is 0 Å². The van der Waals surface area contributed by atoms with Crippen LogP contribution in [0.25, 0.3) is 0 Å². The summed E-state index contributed by atoms with van der Waals surface area (Å²) in [5, 5.41) is 0. The summed E-state index contributed by atoms with van der Waals surface area (Å²) < 4.78 is 12.6. The molecule has 0 heterocycles. The molecular formula is C13H29F. The highest BCUT2D eigenvalue weighted by Crippen LogP contribution is 2.31. The average Bonchev–Trinajstić information content (AvgIpc) is 2.67. The minimum atomic E-state index is -0.471. The maximum absolute atomic E-state index is 12.6. The molecule has 1 heteroatoms. The first-order valence-corrected chi connectivity index (χ1v) is 6.47. The van der Waals surface area contributed by atoms with Crippen molar-refractivity contribution < 1.29 is 4.39 Å². The van der Waals surface area contributed by atoms with Crippen molar-refractivity contribution in [2.75, 3.05) is 0 Å². The summed E-state index contributed by atoms with van der Waals surface area (Å²) in [4.78, 5) is 0. The molecule has 0 nitrogen and oxygen atoms in total. The zero-order chi connectivity index (χ0) is 11.4. The highest BCUT2D eigenvalue weighted by Gasteiger charge is 2.22. The Hall–Kier alpha value is -0.0700. The van der Waals surface area contributed by atoms with E-state index in [0.29, 0.717) is 0 Å². The minimum Gasteiger partial charge on any atom is -0.247 e. The molecule has 0 amide bonds. The van der Waals surface area contributed by atoms with E-state index in [9.17, 15) is 4.39 Å². The Morgan fingerprint density at radius 3 is 2.00 bits per heavy atom. The maximum Gasteiger partial charge on any atom is 0.100 e. The van der Waals surface area contributed by atoms with Crippen LogP contribution in [0.1, 0.15) is 73.1 Å². The summed E-state index contributed by atoms with van der Waals surface area (Å²) in [5.41, 5.74) is 0. The van der Waals surface area contributed by atoms with Gasteiger partial charge < -0.3 is 0 Å². The van der Waals surface area contributed by atoms with Crippen molar-refractivity contribution in [1.29, 1.82) is 0 Å². The molecule has 0 aliphatic heterocycles. The third-order valence-electron chi connectivity index (χ3n) is 2.44. The van der Waals surface area contributed by atoms with Gasteiger partial charge in [0.2, 0.25) is 0 Å². The van der Waals surface area contributed by atoms with Crippen LogP contribution >= 0.6 is 0 Å². The summed E-state index contributed by atoms with van der Waals surface area (Å²) in [6.45, 7) is 10.2. The second kappa shape index (κ2) is 12.9. The number of hydrogen-bond donors (Lipinski definition) is 0. The molecule has 0 aromatic rings. The molecule has 2 unspecified atom stereocenters. The lowest BCUT2D eigenvalue weighted by molar-refractivity contribution is 0.326. The third kappa shape index (κ3) is 8.52. The largest absolute Gasteiger partial charge is 0.247 e. The SMILES string of the molecule is CC.CC.CCCCC1CCC(F)C1. The van der Waals surface area contributed by atoms with E-state index in [1.807, 2.05) is 27.7 Å². The molecule has 0 aromatic heterocycles. The Bertz CT molecular complexity index is 91.2. The van der Waals surface area contributed by atoms with Gasteiger partial charge in [-0.25, -0.2) is 4.39 Å². The molecule has 1 aliphatic carbocycles. The summed E-state index contributed by atoms with van der Waals surface area (Å²) in [7, 11) is 0. The van der Waals surface area contributed by atoms with Crippen molar-refractivity contribution in [3.8, 4) is 0 Å². The molecule has 0 radical (unpaired) electrons. The lowest BCUT2D eigenvalue weighted by Gasteiger charge is -2.05. The molecular weight excluding hydrogens is 175 g/mol. The Balaban J connectivity index is 0. The molecule has 0 N–H and O–H groups in total. The van der Waals surface area contributed by atoms with Crippen molar-refractivity contribution in [1.82, 2.24) is 0 Å². The summed E-state index contributed by atoms with van der Waals surface area (Å²) >= 11 is 0. The Kier molecular flexibility index (Phi) is 15.1. The Labute approximate surface area is 90.3 Å². The number of hydrogen-bond acceptors (Lipinski definition) is 0. The number of halogens is 1. The van der Waals surface area contributed by atoms with Crippen molar-refractivity contribution in [2.45, 2.75) is 79.3 Å². The van der Waals surface area contributed by atoms with E-state index in [-0.39, 0.29) is 0 Å². The first-order valence-electron chi connectivity index (χ1n) is 6.47. The molecule has 1 fully saturated rings. The first kappa shape index (κ1) is 16.4. The Morgan fingerprint density at radius 1 is 1.07 bits per heavy atom. The van der Waals surface area contributed by atoms with E-state index in [2.05, 4.69) is 6.92 Å². The van der Waals surface area contributed by atoms with Crippen molar-refractivity contribution in [2.24, 2.45) is 5.92 Å². The van der Waals surface area contributed by atoms with Gasteiger partial charge in [-0.05, 0) is 25.2 Å². The van der Waals surface area contributed by atoms with Crippen LogP contribution in [0, 0.1) is 5.92 Å². The fourth-order valence-electron chi connectivity index (χ4n) is 1.77. The molecule has 0 aromatic carbocycles. The van der Waals surface area contributed by atoms with Crippen LogP contribution in [-0.4, -0.2) is 6.17 Å². The smallest absolute Gasteiger partial charge is 0.100 e. The topological polar surface area (TPSA) is 0 Å². The van der Waals surface area contributed by atoms with Crippen molar-refractivity contribution in [3.05, 3.63) is 0 Å². The third-order valence-corrected chi connectivity index (χ3v) is 2.44. The van der Waals surface area contributed by atoms with Gasteiger partial charge in [0.15, 0.2) is 0 Å². The second-order valence-electron chi connectivity index (χ2n) is 3.42. The zero-order valence-corrected chi connectivity index (χ0v) is 10.8. The monoisotopic (exact) mass is 204 g/mol. The van der Waals surface area contributed by atoms with Gasteiger partial charge in [-0.3, -0.25) is 0 Å². The average molecular weight is 204 g/mol. The van der Waals surface area contributed by atoms with Gasteiger partial charge in [0.25, 0.3) is 0 Å². The molecule has 88 valence electrons. The van der Waals surface area contributed by atoms with Crippen molar-refractivity contribution >= 4 is 0 Å². The van der Waals surface area contributed by atoms with E-state index in [4.69, 9.17) is 0 Å². The summed E-state index contributed by atoms with van der Waals surface area (Å²) in [6, 6.07) is 0. The number of unbranched alkanes of at least 4 members (excludes halogenated alkanes) is 1. The molecule has 2 atom stereocenters. The minimum absolute atomic E-state index is 0.471. The van der Waals surface area contributed by atoms with Gasteiger partial charge in [0, 0.05) is 0 Å². The molecule has 14 heavy (non-hydrogen) atoms. The molecule has 0 bridgehead atoms. The predicted octanol–water partition coefficient (Wildman–Crippen LogP) is 5.37. The number of rotatable bonds is 3. The summed E-state index contributed by atoms with van der Waals surface area (Å²) in [5.74, 6) is 0.718. The highest BCUT2D eigenvalue weighted by molar-refractivity contribution is 4.74. The van der Waals surface area contributed by atoms with E-state index >= 15 is 0 Å². The fraction of sp³-hybridized carbons (Fsp3) is 1.00. The van der Waals surface area contributed by atoms with Gasteiger partial charge >= 0.3 is 0 Å². The van der Waals surface area contributed by atoms with Crippen LogP contribution in [0.2, 0.25) is 0 Å². The molecule has 0 saturated heterocycles. The van der Waals surface area contributed by atoms with E-state index in [1.165, 1.54) is 19.3 Å². The predicted molar refractivity (Wildman–Crippen MR) is 64.5 cm³/mol. The van der Waals surface area contributed by atoms with E-state index in [0.717, 1.165) is 25.2 Å². The quantitative estimate of drug-likeness (QED) is 0.580. The van der Waals surface area contributed by atoms with Crippen LogP contribution in [-0.2, 0) is 0 Å². The van der Waals surface area contributed by atoms with Crippen LogP contribution in [0.15, 0.2) is 0 Å². The van der Waals surface area contributed by atoms with Gasteiger partial charge in [-0.15, -0.1) is 0 Å². The molecule has 1 rings (SSSR count). The molecule has 1 saturated carbocycles. The van der Waals surface area contributed by atoms with E-state index < -0.39 is 6.17 Å². The normalized spacial score (nSPS) is 24.4. The zero-order valence-electron chi connectivity index (χ0n) is 10.8. The summed E-state index contributed by atoms with van der Waals surface area (Å²) in [6.07, 6.45) is 6.15. The van der Waals surface area contributed by atoms with Gasteiger partial charge in [0.05, 0.1) is 0 Å². The first-order chi connectivity index (χ1) is 6.83. The van der Waals surface area contributed by atoms with Crippen molar-refractivity contribution in [3.63, 3.8) is 0 Å². The van der Waals surface area contributed by atoms with Gasteiger partial charge in [-0.2, -0.15) is 0 Å². The second-order valence-corrected chi connectivity index (χ2v) is 3.42. The van der Waals surface area contributed by atoms with Crippen LogP contribution in [0.4, 0.5) is 4.39 Å². The standard InChI is InChI=1S/C9H17F.2C2H6/c1-2-3-4-8-5-6-9(10)7-8;2*1-2/h8-9H,2-7H2,1H3;2*1-2H3. The van der Waals surface area contributed by atoms with Crippen LogP contribution in [0.5, 0.6) is 0 Å². The fourth-order valence-corrected chi connectivity index (χ4v) is 1.77. The van der Waals surface area contributed by atoms with Crippen LogP contribution < -0.4 is 0 Å². The van der Waals surface area contributed by atoms with Gasteiger partial charge in [0.1, 0.15) is 6.17 Å². The number of alkyl halides is 1. The van der Waals surface area contributed by atoms with Gasteiger partial charge in [-0.1, -0.05) is 53.9 Å². The highest BCUT2D eigenvalue weighted by atomic mass is 19.1. The molecule has 1 aliphatic rings. The maximum atomic E-state index is 12.6. The van der Waals surface area contributed by atoms with E-state index in [1.54, 1.807) is 0 Å². The lowest BCUT2D eigenvalue weighted by Crippen LogP contribution is -1.95. The molecule has 0 spiro atoms.